The fourth-order valence-corrected chi connectivity index (χ4v) is 2.46. The van der Waals surface area contributed by atoms with E-state index in [2.05, 4.69) is 64.8 Å². The van der Waals surface area contributed by atoms with E-state index in [1.54, 1.807) is 0 Å². The quantitative estimate of drug-likeness (QED) is 0.632. The van der Waals surface area contributed by atoms with Crippen LogP contribution < -0.4 is 5.32 Å². The van der Waals surface area contributed by atoms with Gasteiger partial charge in [-0.3, -0.25) is 5.32 Å². The van der Waals surface area contributed by atoms with Crippen LogP contribution in [0.4, 0.5) is 0 Å². The van der Waals surface area contributed by atoms with E-state index in [9.17, 15) is 0 Å². The Kier molecular flexibility index (Phi) is 5.80. The number of rotatable bonds is 4. The largest absolute Gasteiger partial charge is 0.296 e. The highest BCUT2D eigenvalue weighted by Crippen LogP contribution is 2.22. The highest BCUT2D eigenvalue weighted by Gasteiger charge is 2.09. The molecule has 1 unspecified atom stereocenters. The fourth-order valence-electron chi connectivity index (χ4n) is 1.94. The summed E-state index contributed by atoms with van der Waals surface area (Å²) in [7, 11) is 0. The predicted molar refractivity (Wildman–Crippen MR) is 93.1 cm³/mol. The Morgan fingerprint density at radius 2 is 1.90 bits per heavy atom. The molecule has 0 spiro atoms. The molecule has 1 atom stereocenters. The van der Waals surface area contributed by atoms with Crippen LogP contribution in [-0.2, 0) is 0 Å². The minimum absolute atomic E-state index is 0.0279. The minimum Gasteiger partial charge on any atom is -0.296 e. The highest BCUT2D eigenvalue weighted by molar-refractivity contribution is 9.10. The molecule has 0 aliphatic rings. The number of halogens is 1. The van der Waals surface area contributed by atoms with Gasteiger partial charge in [-0.15, -0.1) is 6.58 Å². The van der Waals surface area contributed by atoms with Gasteiger partial charge >= 0.3 is 0 Å². The third kappa shape index (κ3) is 4.60. The molecule has 0 radical (unpaired) electrons. The van der Waals surface area contributed by atoms with Crippen LogP contribution in [0.2, 0.25) is 0 Å². The Morgan fingerprint density at radius 1 is 1.19 bits per heavy atom. The van der Waals surface area contributed by atoms with Crippen LogP contribution in [0.15, 0.2) is 65.7 Å². The zero-order valence-electron chi connectivity index (χ0n) is 12.1. The normalized spacial score (nSPS) is 11.3. The maximum absolute atomic E-state index is 3.75. The van der Waals surface area contributed by atoms with Crippen LogP contribution in [0.3, 0.4) is 0 Å². The average molecular weight is 340 g/mol. The Bertz CT molecular complexity index is 662. The summed E-state index contributed by atoms with van der Waals surface area (Å²) in [5.74, 6) is 6.55. The van der Waals surface area contributed by atoms with Gasteiger partial charge in [-0.25, -0.2) is 0 Å². The van der Waals surface area contributed by atoms with E-state index in [0.717, 1.165) is 15.6 Å². The monoisotopic (exact) mass is 339 g/mol. The molecule has 0 heterocycles. The van der Waals surface area contributed by atoms with E-state index < -0.39 is 0 Å². The highest BCUT2D eigenvalue weighted by atomic mass is 79.9. The molecule has 2 aromatic carbocycles. The van der Waals surface area contributed by atoms with Gasteiger partial charge in [-0.1, -0.05) is 69.7 Å². The summed E-state index contributed by atoms with van der Waals surface area (Å²) in [4.78, 5) is 0. The molecule has 21 heavy (non-hydrogen) atoms. The molecule has 0 aliphatic heterocycles. The van der Waals surface area contributed by atoms with Crippen LogP contribution in [-0.4, -0.2) is 6.54 Å². The van der Waals surface area contributed by atoms with Crippen molar-refractivity contribution < 1.29 is 0 Å². The molecule has 1 nitrogen and oxygen atoms in total. The molecule has 0 bridgehead atoms. The van der Waals surface area contributed by atoms with E-state index in [4.69, 9.17) is 0 Å². The van der Waals surface area contributed by atoms with Crippen LogP contribution in [0.1, 0.15) is 22.7 Å². The van der Waals surface area contributed by atoms with Crippen molar-refractivity contribution in [3.05, 3.63) is 82.3 Å². The maximum atomic E-state index is 3.75. The molecule has 2 aromatic rings. The van der Waals surface area contributed by atoms with Gasteiger partial charge in [0, 0.05) is 16.6 Å². The first-order valence-electron chi connectivity index (χ1n) is 6.87. The van der Waals surface area contributed by atoms with Crippen molar-refractivity contribution in [2.75, 3.05) is 6.54 Å². The van der Waals surface area contributed by atoms with Crippen molar-refractivity contribution in [2.24, 2.45) is 0 Å². The van der Waals surface area contributed by atoms with E-state index >= 15 is 0 Å². The molecule has 0 amide bonds. The number of nitrogens with one attached hydrogen (secondary N) is 1. The number of aryl methyl sites for hydroxylation is 1. The molecule has 0 fully saturated rings. The van der Waals surface area contributed by atoms with Gasteiger partial charge in [-0.05, 0) is 30.7 Å². The van der Waals surface area contributed by atoms with E-state index in [0.29, 0.717) is 6.54 Å². The summed E-state index contributed by atoms with van der Waals surface area (Å²) in [5.41, 5.74) is 3.41. The summed E-state index contributed by atoms with van der Waals surface area (Å²) < 4.78 is 1.06. The van der Waals surface area contributed by atoms with Crippen molar-refractivity contribution in [1.29, 1.82) is 0 Å². The first kappa shape index (κ1) is 15.6. The summed E-state index contributed by atoms with van der Waals surface area (Å²) in [5, 5.41) is 3.39. The maximum Gasteiger partial charge on any atom is 0.0963 e. The molecular weight excluding hydrogens is 322 g/mol. The molecule has 0 aromatic heterocycles. The van der Waals surface area contributed by atoms with Crippen LogP contribution in [0.25, 0.3) is 0 Å². The summed E-state index contributed by atoms with van der Waals surface area (Å²) in [6, 6.07) is 16.4. The average Bonchev–Trinajstić information content (AvgIpc) is 2.50. The lowest BCUT2D eigenvalue weighted by molar-refractivity contribution is 0.688. The molecule has 0 saturated carbocycles. The molecule has 106 valence electrons. The predicted octanol–water partition coefficient (Wildman–Crippen LogP) is 4.63. The lowest BCUT2D eigenvalue weighted by atomic mass is 10.1. The van der Waals surface area contributed by atoms with Crippen molar-refractivity contribution in [3.8, 4) is 11.8 Å². The SMILES string of the molecule is C=CCNC(C#Cc1ccc(C)cc1)c1ccccc1Br. The van der Waals surface area contributed by atoms with Crippen LogP contribution in [0, 0.1) is 18.8 Å². The topological polar surface area (TPSA) is 12.0 Å². The number of benzene rings is 2. The van der Waals surface area contributed by atoms with E-state index in [1.807, 2.05) is 36.4 Å². The van der Waals surface area contributed by atoms with Gasteiger partial charge in [-0.2, -0.15) is 0 Å². The first-order chi connectivity index (χ1) is 10.2. The van der Waals surface area contributed by atoms with Gasteiger partial charge in [0.1, 0.15) is 0 Å². The Labute approximate surface area is 135 Å². The molecule has 2 heteroatoms. The Hall–Kier alpha value is -1.82. The summed E-state index contributed by atoms with van der Waals surface area (Å²) in [6.07, 6.45) is 1.84. The molecular formula is C19H18BrN. The van der Waals surface area contributed by atoms with Gasteiger partial charge < -0.3 is 0 Å². The fraction of sp³-hybridized carbons (Fsp3) is 0.158. The smallest absolute Gasteiger partial charge is 0.0963 e. The number of hydrogen-bond donors (Lipinski definition) is 1. The zero-order valence-corrected chi connectivity index (χ0v) is 13.7. The Balaban J connectivity index is 2.27. The van der Waals surface area contributed by atoms with Crippen molar-refractivity contribution in [3.63, 3.8) is 0 Å². The van der Waals surface area contributed by atoms with E-state index in [-0.39, 0.29) is 6.04 Å². The van der Waals surface area contributed by atoms with Gasteiger partial charge in [0.25, 0.3) is 0 Å². The summed E-state index contributed by atoms with van der Waals surface area (Å²) in [6.45, 7) is 6.55. The number of hydrogen-bond acceptors (Lipinski definition) is 1. The third-order valence-electron chi connectivity index (χ3n) is 3.09. The van der Waals surface area contributed by atoms with Crippen molar-refractivity contribution in [1.82, 2.24) is 5.32 Å². The van der Waals surface area contributed by atoms with Crippen LogP contribution >= 0.6 is 15.9 Å². The second-order valence-electron chi connectivity index (χ2n) is 4.79. The van der Waals surface area contributed by atoms with Crippen LogP contribution in [0.5, 0.6) is 0 Å². The molecule has 1 N–H and O–H groups in total. The molecule has 0 saturated heterocycles. The standard InChI is InChI=1S/C19H18BrN/c1-3-14-21-19(17-6-4-5-7-18(17)20)13-12-16-10-8-15(2)9-11-16/h3-11,19,21H,1,14H2,2H3. The van der Waals surface area contributed by atoms with Crippen molar-refractivity contribution in [2.45, 2.75) is 13.0 Å². The lowest BCUT2D eigenvalue weighted by Crippen LogP contribution is -2.20. The van der Waals surface area contributed by atoms with E-state index in [1.165, 1.54) is 5.56 Å². The lowest BCUT2D eigenvalue weighted by Gasteiger charge is -2.13. The molecule has 2 rings (SSSR count). The van der Waals surface area contributed by atoms with Gasteiger partial charge in [0.05, 0.1) is 6.04 Å². The third-order valence-corrected chi connectivity index (χ3v) is 3.82. The van der Waals surface area contributed by atoms with Gasteiger partial charge in [0.15, 0.2) is 0 Å². The summed E-state index contributed by atoms with van der Waals surface area (Å²) >= 11 is 3.59. The minimum atomic E-state index is -0.0279. The second kappa shape index (κ2) is 7.83. The Morgan fingerprint density at radius 3 is 2.57 bits per heavy atom. The first-order valence-corrected chi connectivity index (χ1v) is 7.67. The van der Waals surface area contributed by atoms with Gasteiger partial charge in [0.2, 0.25) is 0 Å². The molecule has 0 aliphatic carbocycles. The second-order valence-corrected chi connectivity index (χ2v) is 5.64. The van der Waals surface area contributed by atoms with Crippen molar-refractivity contribution >= 4 is 15.9 Å². The zero-order chi connectivity index (χ0) is 15.1.